The average molecular weight is 183 g/mol. The van der Waals surface area contributed by atoms with E-state index in [1.54, 1.807) is 0 Å². The first-order chi connectivity index (χ1) is 6.33. The molecule has 2 heteroatoms. The second-order valence-electron chi connectivity index (χ2n) is 4.07. The van der Waals surface area contributed by atoms with E-state index in [9.17, 15) is 4.79 Å². The molecule has 0 unspecified atom stereocenters. The molecule has 0 heterocycles. The lowest BCUT2D eigenvalue weighted by Crippen LogP contribution is -2.24. The van der Waals surface area contributed by atoms with E-state index in [1.807, 2.05) is 0 Å². The highest BCUT2D eigenvalue weighted by atomic mass is 16.1. The Morgan fingerprint density at radius 2 is 2.08 bits per heavy atom. The zero-order valence-corrected chi connectivity index (χ0v) is 8.64. The Bertz CT molecular complexity index is 150. The lowest BCUT2D eigenvalue weighted by atomic mass is 10.0. The largest absolute Gasteiger partial charge is 0.310 e. The molecule has 0 aromatic rings. The standard InChI is InChI=1S/C11H21NO/c1-2-7-12-9-11(13)8-10-5-3-4-6-10/h10,12H,2-9H2,1H3. The molecule has 0 saturated heterocycles. The van der Waals surface area contributed by atoms with Gasteiger partial charge in [0.05, 0.1) is 6.54 Å². The van der Waals surface area contributed by atoms with Crippen LogP contribution >= 0.6 is 0 Å². The first kappa shape index (κ1) is 10.7. The third kappa shape index (κ3) is 4.41. The van der Waals surface area contributed by atoms with Crippen LogP contribution in [0.2, 0.25) is 0 Å². The molecule has 0 bridgehead atoms. The summed E-state index contributed by atoms with van der Waals surface area (Å²) >= 11 is 0. The normalized spacial score (nSPS) is 17.9. The van der Waals surface area contributed by atoms with Crippen molar-refractivity contribution in [2.24, 2.45) is 5.92 Å². The third-order valence-electron chi connectivity index (χ3n) is 2.74. The third-order valence-corrected chi connectivity index (χ3v) is 2.74. The van der Waals surface area contributed by atoms with Gasteiger partial charge in [-0.15, -0.1) is 0 Å². The minimum absolute atomic E-state index is 0.403. The van der Waals surface area contributed by atoms with Crippen molar-refractivity contribution in [3.63, 3.8) is 0 Å². The summed E-state index contributed by atoms with van der Waals surface area (Å²) in [5, 5.41) is 3.16. The molecule has 76 valence electrons. The number of hydrogen-bond donors (Lipinski definition) is 1. The summed E-state index contributed by atoms with van der Waals surface area (Å²) in [4.78, 5) is 11.4. The predicted molar refractivity (Wildman–Crippen MR) is 54.7 cm³/mol. The molecule has 0 aliphatic heterocycles. The van der Waals surface area contributed by atoms with Crippen molar-refractivity contribution < 1.29 is 4.79 Å². The van der Waals surface area contributed by atoms with E-state index in [1.165, 1.54) is 25.7 Å². The maximum Gasteiger partial charge on any atom is 0.146 e. The van der Waals surface area contributed by atoms with Gasteiger partial charge in [-0.1, -0.05) is 32.6 Å². The van der Waals surface area contributed by atoms with Crippen LogP contribution in [0.4, 0.5) is 0 Å². The van der Waals surface area contributed by atoms with E-state index in [4.69, 9.17) is 0 Å². The average Bonchev–Trinajstić information content (AvgIpc) is 2.57. The maximum atomic E-state index is 11.4. The molecule has 0 amide bonds. The summed E-state index contributed by atoms with van der Waals surface area (Å²) in [6.07, 6.45) is 7.15. The molecule has 13 heavy (non-hydrogen) atoms. The summed E-state index contributed by atoms with van der Waals surface area (Å²) in [6, 6.07) is 0. The SMILES string of the molecule is CCCNCC(=O)CC1CCCC1. The summed E-state index contributed by atoms with van der Waals surface area (Å²) in [7, 11) is 0. The Morgan fingerprint density at radius 1 is 1.38 bits per heavy atom. The molecule has 2 nitrogen and oxygen atoms in total. The Kier molecular flexibility index (Phi) is 5.06. The molecule has 0 atom stereocenters. The van der Waals surface area contributed by atoms with Crippen LogP contribution in [-0.2, 0) is 4.79 Å². The van der Waals surface area contributed by atoms with E-state index >= 15 is 0 Å². The van der Waals surface area contributed by atoms with Gasteiger partial charge in [-0.2, -0.15) is 0 Å². The number of carbonyl (C=O) groups excluding carboxylic acids is 1. The van der Waals surface area contributed by atoms with Crippen LogP contribution in [0.5, 0.6) is 0 Å². The first-order valence-electron chi connectivity index (χ1n) is 5.55. The highest BCUT2D eigenvalue weighted by Crippen LogP contribution is 2.27. The van der Waals surface area contributed by atoms with Gasteiger partial charge < -0.3 is 5.32 Å². The van der Waals surface area contributed by atoms with Gasteiger partial charge in [-0.25, -0.2) is 0 Å². The van der Waals surface area contributed by atoms with Crippen molar-refractivity contribution >= 4 is 5.78 Å². The minimum atomic E-state index is 0.403. The summed E-state index contributed by atoms with van der Waals surface area (Å²) in [5.41, 5.74) is 0. The summed E-state index contributed by atoms with van der Waals surface area (Å²) < 4.78 is 0. The van der Waals surface area contributed by atoms with E-state index < -0.39 is 0 Å². The van der Waals surface area contributed by atoms with Crippen molar-refractivity contribution in [2.75, 3.05) is 13.1 Å². The van der Waals surface area contributed by atoms with Gasteiger partial charge in [-0.3, -0.25) is 4.79 Å². The maximum absolute atomic E-state index is 11.4. The molecule has 0 spiro atoms. The Balaban J connectivity index is 2.02. The minimum Gasteiger partial charge on any atom is -0.310 e. The topological polar surface area (TPSA) is 29.1 Å². The molecule has 1 aliphatic rings. The second kappa shape index (κ2) is 6.14. The number of carbonyl (C=O) groups is 1. The van der Waals surface area contributed by atoms with Crippen LogP contribution in [0, 0.1) is 5.92 Å². The monoisotopic (exact) mass is 183 g/mol. The predicted octanol–water partition coefficient (Wildman–Crippen LogP) is 2.14. The molecule has 1 rings (SSSR count). The summed E-state index contributed by atoms with van der Waals surface area (Å²) in [5.74, 6) is 1.11. The van der Waals surface area contributed by atoms with E-state index in [0.717, 1.165) is 19.4 Å². The van der Waals surface area contributed by atoms with Gasteiger partial charge in [0.15, 0.2) is 0 Å². The number of ketones is 1. The number of rotatable bonds is 6. The highest BCUT2D eigenvalue weighted by Gasteiger charge is 2.17. The van der Waals surface area contributed by atoms with Gasteiger partial charge in [0.25, 0.3) is 0 Å². The smallest absolute Gasteiger partial charge is 0.146 e. The van der Waals surface area contributed by atoms with Crippen molar-refractivity contribution in [1.29, 1.82) is 0 Å². The summed E-state index contributed by atoms with van der Waals surface area (Å²) in [6.45, 7) is 3.68. The second-order valence-corrected chi connectivity index (χ2v) is 4.07. The van der Waals surface area contributed by atoms with Crippen LogP contribution in [0.3, 0.4) is 0 Å². The molecule has 0 aromatic carbocycles. The molecular formula is C11H21NO. The van der Waals surface area contributed by atoms with Crippen molar-refractivity contribution in [3.05, 3.63) is 0 Å². The Labute approximate surface area is 81.1 Å². The lowest BCUT2D eigenvalue weighted by molar-refractivity contribution is -0.119. The number of Topliss-reactive ketones (excluding diaryl/α,β-unsaturated/α-hetero) is 1. The highest BCUT2D eigenvalue weighted by molar-refractivity contribution is 5.80. The molecule has 1 aliphatic carbocycles. The van der Waals surface area contributed by atoms with Crippen molar-refractivity contribution in [1.82, 2.24) is 5.32 Å². The fourth-order valence-electron chi connectivity index (χ4n) is 2.01. The van der Waals surface area contributed by atoms with Gasteiger partial charge in [0.2, 0.25) is 0 Å². The van der Waals surface area contributed by atoms with Crippen molar-refractivity contribution in [3.8, 4) is 0 Å². The van der Waals surface area contributed by atoms with Gasteiger partial charge >= 0.3 is 0 Å². The molecule has 1 N–H and O–H groups in total. The molecule has 0 radical (unpaired) electrons. The molecule has 1 saturated carbocycles. The fourth-order valence-corrected chi connectivity index (χ4v) is 2.01. The van der Waals surface area contributed by atoms with E-state index in [2.05, 4.69) is 12.2 Å². The quantitative estimate of drug-likeness (QED) is 0.639. The van der Waals surface area contributed by atoms with E-state index in [-0.39, 0.29) is 0 Å². The van der Waals surface area contributed by atoms with E-state index in [0.29, 0.717) is 18.2 Å². The van der Waals surface area contributed by atoms with Crippen LogP contribution < -0.4 is 5.32 Å². The van der Waals surface area contributed by atoms with Gasteiger partial charge in [0, 0.05) is 6.42 Å². The molecular weight excluding hydrogens is 162 g/mol. The van der Waals surface area contributed by atoms with Gasteiger partial charge in [0.1, 0.15) is 5.78 Å². The van der Waals surface area contributed by atoms with Crippen LogP contribution in [0.15, 0.2) is 0 Å². The fraction of sp³-hybridized carbons (Fsp3) is 0.909. The van der Waals surface area contributed by atoms with Gasteiger partial charge in [-0.05, 0) is 18.9 Å². The molecule has 1 fully saturated rings. The van der Waals surface area contributed by atoms with Crippen LogP contribution in [0.1, 0.15) is 45.4 Å². The number of nitrogens with one attached hydrogen (secondary N) is 1. The Hall–Kier alpha value is -0.370. The van der Waals surface area contributed by atoms with Crippen LogP contribution in [-0.4, -0.2) is 18.9 Å². The van der Waals surface area contributed by atoms with Crippen molar-refractivity contribution in [2.45, 2.75) is 45.4 Å². The zero-order valence-electron chi connectivity index (χ0n) is 8.64. The van der Waals surface area contributed by atoms with Crippen LogP contribution in [0.25, 0.3) is 0 Å². The zero-order chi connectivity index (χ0) is 9.52. The lowest BCUT2D eigenvalue weighted by Gasteiger charge is -2.07. The molecule has 0 aromatic heterocycles. The Morgan fingerprint density at radius 3 is 2.69 bits per heavy atom. The number of hydrogen-bond acceptors (Lipinski definition) is 2. The first-order valence-corrected chi connectivity index (χ1v) is 5.55.